The Labute approximate surface area is 124 Å². The van der Waals surface area contributed by atoms with Crippen molar-refractivity contribution in [1.82, 2.24) is 9.78 Å². The second-order valence-corrected chi connectivity index (χ2v) is 4.95. The van der Waals surface area contributed by atoms with Crippen LogP contribution < -0.4 is 4.90 Å². The number of carboxylic acids is 1. The smallest absolute Gasteiger partial charge is 0.305 e. The minimum Gasteiger partial charge on any atom is -0.481 e. The van der Waals surface area contributed by atoms with E-state index in [4.69, 9.17) is 5.11 Å². The molecule has 1 aromatic carbocycles. The summed E-state index contributed by atoms with van der Waals surface area (Å²) in [6.07, 6.45) is 2.94. The van der Waals surface area contributed by atoms with Gasteiger partial charge in [-0.2, -0.15) is 5.10 Å². The molecule has 0 atom stereocenters. The first kappa shape index (κ1) is 15.1. The van der Waals surface area contributed by atoms with Crippen molar-refractivity contribution in [3.05, 3.63) is 48.3 Å². The Bertz CT molecular complexity index is 566. The third kappa shape index (κ3) is 4.34. The van der Waals surface area contributed by atoms with Crippen molar-refractivity contribution in [2.45, 2.75) is 32.9 Å². The highest BCUT2D eigenvalue weighted by Gasteiger charge is 2.12. The molecule has 0 saturated heterocycles. The molecule has 1 heterocycles. The van der Waals surface area contributed by atoms with Crippen LogP contribution in [0.2, 0.25) is 0 Å². The van der Waals surface area contributed by atoms with E-state index in [0.29, 0.717) is 13.1 Å². The summed E-state index contributed by atoms with van der Waals surface area (Å²) in [6.45, 7) is 4.14. The third-order valence-electron chi connectivity index (χ3n) is 3.31. The van der Waals surface area contributed by atoms with Crippen LogP contribution >= 0.6 is 0 Å². The summed E-state index contributed by atoms with van der Waals surface area (Å²) in [5.74, 6) is -0.780. The molecule has 2 rings (SSSR count). The normalized spacial score (nSPS) is 10.5. The number of hydrogen-bond donors (Lipinski definition) is 1. The highest BCUT2D eigenvalue weighted by molar-refractivity contribution is 5.67. The van der Waals surface area contributed by atoms with Crippen LogP contribution in [0.4, 0.5) is 5.69 Å². The van der Waals surface area contributed by atoms with E-state index in [1.807, 2.05) is 41.1 Å². The summed E-state index contributed by atoms with van der Waals surface area (Å²) in [7, 11) is 0. The summed E-state index contributed by atoms with van der Waals surface area (Å²) >= 11 is 0. The molecular formula is C16H21N3O2. The maximum atomic E-state index is 10.9. The second-order valence-electron chi connectivity index (χ2n) is 4.95. The van der Waals surface area contributed by atoms with Crippen molar-refractivity contribution >= 4 is 11.7 Å². The summed E-state index contributed by atoms with van der Waals surface area (Å²) in [5.41, 5.74) is 2.13. The fraction of sp³-hybridized carbons (Fsp3) is 0.375. The monoisotopic (exact) mass is 287 g/mol. The van der Waals surface area contributed by atoms with E-state index >= 15 is 0 Å². The molecule has 0 saturated carbocycles. The van der Waals surface area contributed by atoms with Gasteiger partial charge in [0, 0.05) is 25.0 Å². The zero-order valence-corrected chi connectivity index (χ0v) is 12.3. The van der Waals surface area contributed by atoms with Crippen molar-refractivity contribution in [3.63, 3.8) is 0 Å². The van der Waals surface area contributed by atoms with Crippen LogP contribution in [-0.4, -0.2) is 27.4 Å². The number of aliphatic carboxylic acids is 1. The summed E-state index contributed by atoms with van der Waals surface area (Å²) < 4.78 is 1.98. The Kier molecular flexibility index (Phi) is 5.37. The lowest BCUT2D eigenvalue weighted by atomic mass is 10.2. The molecule has 0 aliphatic heterocycles. The Morgan fingerprint density at radius 2 is 2.05 bits per heavy atom. The molecule has 1 aromatic heterocycles. The molecule has 5 heteroatoms. The van der Waals surface area contributed by atoms with E-state index < -0.39 is 5.97 Å². The van der Waals surface area contributed by atoms with Gasteiger partial charge in [0.1, 0.15) is 0 Å². The minimum atomic E-state index is -0.780. The highest BCUT2D eigenvalue weighted by Crippen LogP contribution is 2.17. The number of benzene rings is 1. The number of anilines is 1. The summed E-state index contributed by atoms with van der Waals surface area (Å²) in [6, 6.07) is 11.9. The average molecular weight is 287 g/mol. The summed E-state index contributed by atoms with van der Waals surface area (Å²) in [4.78, 5) is 12.9. The number of para-hydroxylation sites is 1. The second kappa shape index (κ2) is 7.47. The van der Waals surface area contributed by atoms with Crippen LogP contribution in [-0.2, 0) is 17.9 Å². The molecule has 112 valence electrons. The number of nitrogens with zero attached hydrogens (tertiary/aromatic N) is 3. The van der Waals surface area contributed by atoms with E-state index in [1.54, 1.807) is 6.20 Å². The van der Waals surface area contributed by atoms with Gasteiger partial charge in [0.05, 0.1) is 18.7 Å². The van der Waals surface area contributed by atoms with E-state index in [2.05, 4.69) is 16.9 Å². The van der Waals surface area contributed by atoms with Crippen molar-refractivity contribution < 1.29 is 9.90 Å². The Hall–Kier alpha value is -2.30. The van der Waals surface area contributed by atoms with E-state index in [1.165, 1.54) is 0 Å². The van der Waals surface area contributed by atoms with Crippen LogP contribution in [0.25, 0.3) is 0 Å². The molecule has 1 N–H and O–H groups in total. The van der Waals surface area contributed by atoms with Gasteiger partial charge in [-0.15, -0.1) is 0 Å². The first-order valence-electron chi connectivity index (χ1n) is 7.23. The van der Waals surface area contributed by atoms with Crippen LogP contribution in [0.1, 0.15) is 25.5 Å². The molecule has 0 spiro atoms. The van der Waals surface area contributed by atoms with Gasteiger partial charge in [-0.05, 0) is 24.6 Å². The minimum absolute atomic E-state index is 0.122. The van der Waals surface area contributed by atoms with Crippen molar-refractivity contribution in [2.75, 3.05) is 11.4 Å². The Morgan fingerprint density at radius 1 is 1.29 bits per heavy atom. The summed E-state index contributed by atoms with van der Waals surface area (Å²) in [5, 5.41) is 13.3. The van der Waals surface area contributed by atoms with Crippen molar-refractivity contribution in [2.24, 2.45) is 0 Å². The maximum Gasteiger partial charge on any atom is 0.305 e. The fourth-order valence-electron chi connectivity index (χ4n) is 2.27. The molecule has 5 nitrogen and oxygen atoms in total. The molecular weight excluding hydrogens is 266 g/mol. The van der Waals surface area contributed by atoms with E-state index in [9.17, 15) is 4.79 Å². The fourth-order valence-corrected chi connectivity index (χ4v) is 2.27. The zero-order valence-electron chi connectivity index (χ0n) is 12.3. The van der Waals surface area contributed by atoms with Crippen molar-refractivity contribution in [3.8, 4) is 0 Å². The van der Waals surface area contributed by atoms with Crippen LogP contribution in [0.5, 0.6) is 0 Å². The topological polar surface area (TPSA) is 58.4 Å². The maximum absolute atomic E-state index is 10.9. The predicted octanol–water partition coefficient (Wildman–Crippen LogP) is 2.77. The van der Waals surface area contributed by atoms with Gasteiger partial charge in [0.2, 0.25) is 0 Å². The van der Waals surface area contributed by atoms with E-state index in [-0.39, 0.29) is 6.42 Å². The van der Waals surface area contributed by atoms with Gasteiger partial charge < -0.3 is 10.0 Å². The number of rotatable bonds is 8. The predicted molar refractivity (Wildman–Crippen MR) is 82.3 cm³/mol. The molecule has 0 radical (unpaired) electrons. The number of aryl methyl sites for hydroxylation is 1. The van der Waals surface area contributed by atoms with Gasteiger partial charge in [-0.3, -0.25) is 9.48 Å². The number of carbonyl (C=O) groups is 1. The molecule has 0 amide bonds. The first-order valence-corrected chi connectivity index (χ1v) is 7.23. The standard InChI is InChI=1S/C16H21N3O2/c1-2-11-19-15(8-10-17-19)13-18(12-9-16(20)21)14-6-4-3-5-7-14/h3-8,10H,2,9,11-13H2,1H3,(H,20,21). The SMILES string of the molecule is CCCn1nccc1CN(CCC(=O)O)c1ccccc1. The van der Waals surface area contributed by atoms with Gasteiger partial charge >= 0.3 is 5.97 Å². The Morgan fingerprint density at radius 3 is 2.71 bits per heavy atom. The van der Waals surface area contributed by atoms with Gasteiger partial charge in [-0.1, -0.05) is 25.1 Å². The van der Waals surface area contributed by atoms with Gasteiger partial charge in [-0.25, -0.2) is 0 Å². The van der Waals surface area contributed by atoms with Gasteiger partial charge in [0.25, 0.3) is 0 Å². The molecule has 0 fully saturated rings. The van der Waals surface area contributed by atoms with Crippen molar-refractivity contribution in [1.29, 1.82) is 0 Å². The molecule has 0 aliphatic rings. The van der Waals surface area contributed by atoms with Crippen LogP contribution in [0, 0.1) is 0 Å². The quantitative estimate of drug-likeness (QED) is 0.811. The van der Waals surface area contributed by atoms with Crippen LogP contribution in [0.15, 0.2) is 42.6 Å². The third-order valence-corrected chi connectivity index (χ3v) is 3.31. The molecule has 21 heavy (non-hydrogen) atoms. The molecule has 0 bridgehead atoms. The lowest BCUT2D eigenvalue weighted by molar-refractivity contribution is -0.136. The first-order chi connectivity index (χ1) is 10.2. The molecule has 0 aliphatic carbocycles. The van der Waals surface area contributed by atoms with E-state index in [0.717, 1.165) is 24.3 Å². The highest BCUT2D eigenvalue weighted by atomic mass is 16.4. The molecule has 0 unspecified atom stereocenters. The van der Waals surface area contributed by atoms with Gasteiger partial charge in [0.15, 0.2) is 0 Å². The number of hydrogen-bond acceptors (Lipinski definition) is 3. The molecule has 2 aromatic rings. The van der Waals surface area contributed by atoms with Crippen LogP contribution in [0.3, 0.4) is 0 Å². The lowest BCUT2D eigenvalue weighted by Crippen LogP contribution is -2.27. The largest absolute Gasteiger partial charge is 0.481 e. The Balaban J connectivity index is 2.15. The number of aromatic nitrogens is 2. The zero-order chi connectivity index (χ0) is 15.1. The number of carboxylic acid groups (broad SMARTS) is 1. The average Bonchev–Trinajstić information content (AvgIpc) is 2.92. The lowest BCUT2D eigenvalue weighted by Gasteiger charge is -2.24.